The van der Waals surface area contributed by atoms with E-state index in [4.69, 9.17) is 4.74 Å². The smallest absolute Gasteiger partial charge is 0.356 e. The van der Waals surface area contributed by atoms with E-state index in [2.05, 4.69) is 10.1 Å². The number of carbonyl (C=O) groups is 2. The highest BCUT2D eigenvalue weighted by Gasteiger charge is 2.21. The predicted octanol–water partition coefficient (Wildman–Crippen LogP) is 1.88. The van der Waals surface area contributed by atoms with Crippen LogP contribution in [-0.2, 0) is 4.74 Å². The second kappa shape index (κ2) is 6.10. The number of aldehydes is 1. The lowest BCUT2D eigenvalue weighted by molar-refractivity contribution is 0.0510. The number of esters is 1. The third-order valence-electron chi connectivity index (χ3n) is 2.84. The number of ether oxygens (including phenoxy) is 1. The Balaban J connectivity index is 2.42. The van der Waals surface area contributed by atoms with Crippen molar-refractivity contribution in [3.8, 4) is 0 Å². The molecule has 20 heavy (non-hydrogen) atoms. The number of rotatable bonds is 5. The summed E-state index contributed by atoms with van der Waals surface area (Å²) in [5, 5.41) is 4.12. The van der Waals surface area contributed by atoms with Gasteiger partial charge in [0, 0.05) is 12.3 Å². The monoisotopic (exact) mass is 273 g/mol. The van der Waals surface area contributed by atoms with E-state index in [1.54, 1.807) is 13.1 Å². The molecule has 0 aliphatic carbocycles. The van der Waals surface area contributed by atoms with Crippen molar-refractivity contribution in [3.05, 3.63) is 47.5 Å². The minimum atomic E-state index is -0.504. The molecular weight excluding hydrogens is 258 g/mol. The van der Waals surface area contributed by atoms with Crippen molar-refractivity contribution in [1.82, 2.24) is 14.8 Å². The van der Waals surface area contributed by atoms with E-state index < -0.39 is 5.97 Å². The summed E-state index contributed by atoms with van der Waals surface area (Å²) in [6.45, 7) is 3.84. The Bertz CT molecular complexity index is 607. The van der Waals surface area contributed by atoms with Crippen LogP contribution in [0.25, 0.3) is 0 Å². The van der Waals surface area contributed by atoms with Crippen LogP contribution in [0.1, 0.15) is 46.6 Å². The number of hydrogen-bond donors (Lipinski definition) is 0. The summed E-state index contributed by atoms with van der Waals surface area (Å²) in [5.41, 5.74) is 1.18. The summed E-state index contributed by atoms with van der Waals surface area (Å²) in [5.74, 6) is -0.504. The summed E-state index contributed by atoms with van der Waals surface area (Å²) in [6.07, 6.45) is 2.27. The Kier molecular flexibility index (Phi) is 4.24. The van der Waals surface area contributed by atoms with Gasteiger partial charge < -0.3 is 4.74 Å². The first-order valence-corrected chi connectivity index (χ1v) is 6.30. The third-order valence-corrected chi connectivity index (χ3v) is 2.84. The first-order valence-electron chi connectivity index (χ1n) is 6.30. The Morgan fingerprint density at radius 3 is 2.90 bits per heavy atom. The van der Waals surface area contributed by atoms with Gasteiger partial charge in [-0.1, -0.05) is 6.07 Å². The Morgan fingerprint density at radius 1 is 1.50 bits per heavy atom. The summed E-state index contributed by atoms with van der Waals surface area (Å²) in [6, 6.07) is 6.64. The summed E-state index contributed by atoms with van der Waals surface area (Å²) < 4.78 is 6.44. The highest BCUT2D eigenvalue weighted by Crippen LogP contribution is 2.18. The zero-order valence-electron chi connectivity index (χ0n) is 11.3. The molecule has 6 heteroatoms. The van der Waals surface area contributed by atoms with Crippen molar-refractivity contribution in [2.24, 2.45) is 0 Å². The van der Waals surface area contributed by atoms with Crippen molar-refractivity contribution in [1.29, 1.82) is 0 Å². The van der Waals surface area contributed by atoms with E-state index in [9.17, 15) is 9.59 Å². The fraction of sp³-hybridized carbons (Fsp3) is 0.286. The van der Waals surface area contributed by atoms with Gasteiger partial charge in [0.05, 0.1) is 18.3 Å². The molecule has 104 valence electrons. The topological polar surface area (TPSA) is 74.1 Å². The molecule has 0 aromatic carbocycles. The van der Waals surface area contributed by atoms with Crippen LogP contribution < -0.4 is 0 Å². The number of carbonyl (C=O) groups excluding carboxylic acids is 2. The summed E-state index contributed by atoms with van der Waals surface area (Å²) in [7, 11) is 0. The fourth-order valence-corrected chi connectivity index (χ4v) is 1.87. The van der Waals surface area contributed by atoms with Gasteiger partial charge in [0.25, 0.3) is 0 Å². The molecule has 0 N–H and O–H groups in total. The lowest BCUT2D eigenvalue weighted by Gasteiger charge is -2.14. The van der Waals surface area contributed by atoms with Crippen LogP contribution in [0.4, 0.5) is 0 Å². The van der Waals surface area contributed by atoms with Crippen LogP contribution >= 0.6 is 0 Å². The van der Waals surface area contributed by atoms with Crippen molar-refractivity contribution in [3.63, 3.8) is 0 Å². The Morgan fingerprint density at radius 2 is 2.30 bits per heavy atom. The molecule has 0 aliphatic heterocycles. The second-order valence-electron chi connectivity index (χ2n) is 4.17. The van der Waals surface area contributed by atoms with Gasteiger partial charge in [-0.15, -0.1) is 0 Å². The molecule has 2 rings (SSSR count). The first-order chi connectivity index (χ1) is 9.67. The van der Waals surface area contributed by atoms with E-state index in [0.29, 0.717) is 6.29 Å². The number of nitrogens with zero attached hydrogens (tertiary/aromatic N) is 3. The molecule has 6 nitrogen and oxygen atoms in total. The Labute approximate surface area is 116 Å². The first kappa shape index (κ1) is 13.9. The van der Waals surface area contributed by atoms with Gasteiger partial charge in [0.2, 0.25) is 0 Å². The maximum Gasteiger partial charge on any atom is 0.356 e. The molecule has 0 radical (unpaired) electrons. The van der Waals surface area contributed by atoms with E-state index in [0.717, 1.165) is 5.69 Å². The van der Waals surface area contributed by atoms with Crippen molar-refractivity contribution < 1.29 is 14.3 Å². The van der Waals surface area contributed by atoms with Gasteiger partial charge in [-0.3, -0.25) is 9.78 Å². The molecule has 0 saturated heterocycles. The largest absolute Gasteiger partial charge is 0.461 e. The van der Waals surface area contributed by atoms with Gasteiger partial charge >= 0.3 is 5.97 Å². The second-order valence-corrected chi connectivity index (χ2v) is 4.17. The van der Waals surface area contributed by atoms with Gasteiger partial charge in [0.1, 0.15) is 11.4 Å². The molecule has 1 atom stereocenters. The maximum absolute atomic E-state index is 11.9. The maximum atomic E-state index is 11.9. The molecule has 0 fully saturated rings. The zero-order valence-corrected chi connectivity index (χ0v) is 11.3. The molecule has 0 amide bonds. The third kappa shape index (κ3) is 2.74. The lowest BCUT2D eigenvalue weighted by Crippen LogP contribution is -2.18. The lowest BCUT2D eigenvalue weighted by atomic mass is 10.2. The Hall–Kier alpha value is -2.50. The van der Waals surface area contributed by atoms with Crippen LogP contribution in [0.15, 0.2) is 30.5 Å². The highest BCUT2D eigenvalue weighted by molar-refractivity contribution is 5.89. The summed E-state index contributed by atoms with van der Waals surface area (Å²) >= 11 is 0. The average Bonchev–Trinajstić information content (AvgIpc) is 2.92. The van der Waals surface area contributed by atoms with E-state index in [-0.39, 0.29) is 24.0 Å². The number of pyridine rings is 1. The molecule has 2 aromatic heterocycles. The van der Waals surface area contributed by atoms with Gasteiger partial charge in [-0.2, -0.15) is 5.10 Å². The van der Waals surface area contributed by atoms with Crippen LogP contribution in [0, 0.1) is 0 Å². The molecule has 2 heterocycles. The molecule has 2 aromatic rings. The zero-order chi connectivity index (χ0) is 14.5. The molecular formula is C14H15N3O3. The molecule has 0 saturated carbocycles. The highest BCUT2D eigenvalue weighted by atomic mass is 16.5. The van der Waals surface area contributed by atoms with Crippen LogP contribution in [-0.4, -0.2) is 33.6 Å². The normalized spacial score (nSPS) is 11.9. The molecule has 1 unspecified atom stereocenters. The van der Waals surface area contributed by atoms with Crippen LogP contribution in [0.3, 0.4) is 0 Å². The minimum absolute atomic E-state index is 0.191. The van der Waals surface area contributed by atoms with Crippen molar-refractivity contribution >= 4 is 12.3 Å². The molecule has 0 aliphatic rings. The minimum Gasteiger partial charge on any atom is -0.461 e. The van der Waals surface area contributed by atoms with Crippen molar-refractivity contribution in [2.75, 3.05) is 6.61 Å². The van der Waals surface area contributed by atoms with E-state index in [1.807, 2.05) is 25.1 Å². The van der Waals surface area contributed by atoms with Crippen molar-refractivity contribution in [2.45, 2.75) is 19.9 Å². The predicted molar refractivity (Wildman–Crippen MR) is 71.6 cm³/mol. The summed E-state index contributed by atoms with van der Waals surface area (Å²) in [4.78, 5) is 27.0. The van der Waals surface area contributed by atoms with Gasteiger partial charge in [-0.05, 0) is 26.0 Å². The average molecular weight is 273 g/mol. The van der Waals surface area contributed by atoms with Gasteiger partial charge in [-0.25, -0.2) is 9.48 Å². The van der Waals surface area contributed by atoms with Crippen LogP contribution in [0.5, 0.6) is 0 Å². The molecule has 0 spiro atoms. The van der Waals surface area contributed by atoms with E-state index in [1.165, 1.54) is 10.7 Å². The van der Waals surface area contributed by atoms with Crippen LogP contribution in [0.2, 0.25) is 0 Å². The fourth-order valence-electron chi connectivity index (χ4n) is 1.87. The van der Waals surface area contributed by atoms with E-state index >= 15 is 0 Å². The standard InChI is InChI=1S/C14H15N3O3/c1-3-20-14(19)13-8-11(9-18)16-17(13)10(2)12-6-4-5-7-15-12/h4-10H,3H2,1-2H3. The SMILES string of the molecule is CCOC(=O)c1cc(C=O)nn1C(C)c1ccccn1. The quantitative estimate of drug-likeness (QED) is 0.614. The number of aromatic nitrogens is 3. The molecule has 0 bridgehead atoms. The number of hydrogen-bond acceptors (Lipinski definition) is 5. The van der Waals surface area contributed by atoms with Gasteiger partial charge in [0.15, 0.2) is 6.29 Å².